The smallest absolute Gasteiger partial charge is 0.419 e. The Morgan fingerprint density at radius 3 is 2.38 bits per heavy atom. The summed E-state index contributed by atoms with van der Waals surface area (Å²) in [5.41, 5.74) is -0.502. The molecule has 2 aromatic rings. The van der Waals surface area contributed by atoms with Crippen molar-refractivity contribution in [1.82, 2.24) is 15.6 Å². The average Bonchev–Trinajstić information content (AvgIpc) is 2.75. The van der Waals surface area contributed by atoms with Gasteiger partial charge in [-0.3, -0.25) is 9.59 Å². The third kappa shape index (κ3) is 7.14. The number of nitrogens with one attached hydrogen (secondary N) is 3. The number of hydrogen-bond donors (Lipinski definition) is 3. The lowest BCUT2D eigenvalue weighted by atomic mass is 10.0. The number of ether oxygens (including phenoxy) is 1. The van der Waals surface area contributed by atoms with E-state index in [1.54, 1.807) is 38.1 Å². The number of carbonyl (C=O) groups is 2. The van der Waals surface area contributed by atoms with Crippen LogP contribution in [0.25, 0.3) is 0 Å². The molecule has 32 heavy (non-hydrogen) atoms. The Bertz CT molecular complexity index is 902. The van der Waals surface area contributed by atoms with Crippen molar-refractivity contribution in [1.29, 1.82) is 0 Å². The molecule has 0 aliphatic heterocycles. The van der Waals surface area contributed by atoms with Crippen molar-refractivity contribution < 1.29 is 27.5 Å². The molecule has 0 aliphatic rings. The van der Waals surface area contributed by atoms with Gasteiger partial charge in [0.15, 0.2) is 0 Å². The van der Waals surface area contributed by atoms with Crippen molar-refractivity contribution >= 4 is 17.6 Å². The standard InChI is InChI=1S/C22H27F3N4O3/c1-4-32-16-9-7-15(8-10-16)20(30)29-18(14(2)3)21(31)28-13-12-27-19-17(22(23,24)25)6-5-11-26-19/h5-11,14,18H,4,12-13H2,1-3H3,(H,26,27)(H,28,31)(H,29,30). The van der Waals surface area contributed by atoms with Crippen LogP contribution >= 0.6 is 0 Å². The Morgan fingerprint density at radius 1 is 1.09 bits per heavy atom. The highest BCUT2D eigenvalue weighted by molar-refractivity contribution is 5.97. The molecule has 0 bridgehead atoms. The second kappa shape index (κ2) is 11.4. The summed E-state index contributed by atoms with van der Waals surface area (Å²) >= 11 is 0. The van der Waals surface area contributed by atoms with E-state index in [1.165, 1.54) is 12.3 Å². The minimum absolute atomic E-state index is 0.0312. The van der Waals surface area contributed by atoms with Crippen LogP contribution in [0.15, 0.2) is 42.6 Å². The van der Waals surface area contributed by atoms with Gasteiger partial charge >= 0.3 is 6.18 Å². The summed E-state index contributed by atoms with van der Waals surface area (Å²) in [6.45, 7) is 6.01. The highest BCUT2D eigenvalue weighted by Gasteiger charge is 2.34. The molecule has 1 unspecified atom stereocenters. The minimum Gasteiger partial charge on any atom is -0.494 e. The second-order valence-electron chi connectivity index (χ2n) is 7.27. The summed E-state index contributed by atoms with van der Waals surface area (Å²) in [4.78, 5) is 28.8. The van der Waals surface area contributed by atoms with E-state index < -0.39 is 29.6 Å². The quantitative estimate of drug-likeness (QED) is 0.480. The Kier molecular flexibility index (Phi) is 8.86. The molecule has 3 N–H and O–H groups in total. The van der Waals surface area contributed by atoms with E-state index in [-0.39, 0.29) is 24.8 Å². The Hall–Kier alpha value is -3.30. The normalized spacial score (nSPS) is 12.2. The van der Waals surface area contributed by atoms with E-state index in [9.17, 15) is 22.8 Å². The molecule has 0 saturated carbocycles. The van der Waals surface area contributed by atoms with Gasteiger partial charge in [0.2, 0.25) is 5.91 Å². The number of carbonyl (C=O) groups excluding carboxylic acids is 2. The molecule has 174 valence electrons. The highest BCUT2D eigenvalue weighted by Crippen LogP contribution is 2.33. The van der Waals surface area contributed by atoms with E-state index in [1.807, 2.05) is 6.92 Å². The van der Waals surface area contributed by atoms with Crippen molar-refractivity contribution in [2.24, 2.45) is 5.92 Å². The molecular weight excluding hydrogens is 425 g/mol. The zero-order chi connectivity index (χ0) is 23.7. The lowest BCUT2D eigenvalue weighted by molar-refractivity contribution is -0.137. The molecule has 0 saturated heterocycles. The number of benzene rings is 1. The van der Waals surface area contributed by atoms with Gasteiger partial charge < -0.3 is 20.7 Å². The minimum atomic E-state index is -4.53. The summed E-state index contributed by atoms with van der Waals surface area (Å²) in [7, 11) is 0. The molecule has 2 amide bonds. The molecule has 1 aromatic heterocycles. The molecule has 0 fully saturated rings. The van der Waals surface area contributed by atoms with Crippen molar-refractivity contribution in [2.45, 2.75) is 33.0 Å². The number of nitrogens with zero attached hydrogens (tertiary/aromatic N) is 1. The molecule has 2 rings (SSSR count). The van der Waals surface area contributed by atoms with Crippen LogP contribution < -0.4 is 20.7 Å². The number of aromatic nitrogens is 1. The van der Waals surface area contributed by atoms with Crippen LogP contribution in [-0.2, 0) is 11.0 Å². The fraction of sp³-hybridized carbons (Fsp3) is 0.409. The number of alkyl halides is 3. The van der Waals surface area contributed by atoms with Gasteiger partial charge in [-0.15, -0.1) is 0 Å². The SMILES string of the molecule is CCOc1ccc(C(=O)NC(C(=O)NCCNc2ncccc2C(F)(F)F)C(C)C)cc1. The maximum Gasteiger partial charge on any atom is 0.419 e. The van der Waals surface area contributed by atoms with Crippen molar-refractivity contribution in [3.8, 4) is 5.75 Å². The van der Waals surface area contributed by atoms with E-state index >= 15 is 0 Å². The molecule has 0 spiro atoms. The summed E-state index contributed by atoms with van der Waals surface area (Å²) in [5, 5.41) is 7.91. The van der Waals surface area contributed by atoms with Gasteiger partial charge in [-0.05, 0) is 49.2 Å². The predicted octanol–water partition coefficient (Wildman–Crippen LogP) is 3.48. The van der Waals surface area contributed by atoms with E-state index in [0.717, 1.165) is 6.07 Å². The molecule has 10 heteroatoms. The summed E-state index contributed by atoms with van der Waals surface area (Å²) in [6, 6.07) is 7.86. The zero-order valence-electron chi connectivity index (χ0n) is 18.1. The molecule has 1 atom stereocenters. The van der Waals surface area contributed by atoms with Crippen LogP contribution in [0, 0.1) is 5.92 Å². The number of amides is 2. The first-order valence-corrected chi connectivity index (χ1v) is 10.2. The van der Waals surface area contributed by atoms with Gasteiger partial charge in [-0.2, -0.15) is 13.2 Å². The Balaban J connectivity index is 1.90. The van der Waals surface area contributed by atoms with Crippen molar-refractivity contribution in [2.75, 3.05) is 25.0 Å². The van der Waals surface area contributed by atoms with Gasteiger partial charge in [0.1, 0.15) is 17.6 Å². The second-order valence-corrected chi connectivity index (χ2v) is 7.27. The molecule has 1 aromatic carbocycles. The number of pyridine rings is 1. The number of anilines is 1. The largest absolute Gasteiger partial charge is 0.494 e. The third-order valence-corrected chi connectivity index (χ3v) is 4.49. The van der Waals surface area contributed by atoms with E-state index in [4.69, 9.17) is 4.74 Å². The maximum absolute atomic E-state index is 13.0. The first kappa shape index (κ1) is 25.0. The average molecular weight is 452 g/mol. The summed E-state index contributed by atoms with van der Waals surface area (Å²) in [6.07, 6.45) is -3.28. The highest BCUT2D eigenvalue weighted by atomic mass is 19.4. The lowest BCUT2D eigenvalue weighted by Crippen LogP contribution is -2.50. The number of rotatable bonds is 10. The zero-order valence-corrected chi connectivity index (χ0v) is 18.1. The molecule has 1 heterocycles. The first-order valence-electron chi connectivity index (χ1n) is 10.2. The van der Waals surface area contributed by atoms with Crippen molar-refractivity contribution in [3.05, 3.63) is 53.7 Å². The van der Waals surface area contributed by atoms with Gasteiger partial charge in [-0.25, -0.2) is 4.98 Å². The molecule has 7 nitrogen and oxygen atoms in total. The monoisotopic (exact) mass is 452 g/mol. The lowest BCUT2D eigenvalue weighted by Gasteiger charge is -2.22. The van der Waals surface area contributed by atoms with Gasteiger partial charge in [0, 0.05) is 24.8 Å². The predicted molar refractivity (Wildman–Crippen MR) is 114 cm³/mol. The summed E-state index contributed by atoms with van der Waals surface area (Å²) in [5.74, 6) is -0.724. The Labute approximate surface area is 184 Å². The molecular formula is C22H27F3N4O3. The van der Waals surface area contributed by atoms with Crippen LogP contribution in [0.3, 0.4) is 0 Å². The van der Waals surface area contributed by atoms with E-state index in [0.29, 0.717) is 17.9 Å². The topological polar surface area (TPSA) is 92.3 Å². The third-order valence-electron chi connectivity index (χ3n) is 4.49. The van der Waals surface area contributed by atoms with Crippen molar-refractivity contribution in [3.63, 3.8) is 0 Å². The van der Waals surface area contributed by atoms with Crippen LogP contribution in [0.4, 0.5) is 19.0 Å². The van der Waals surface area contributed by atoms with E-state index in [2.05, 4.69) is 20.9 Å². The Morgan fingerprint density at radius 2 is 1.78 bits per heavy atom. The fourth-order valence-corrected chi connectivity index (χ4v) is 2.88. The van der Waals surface area contributed by atoms with Crippen LogP contribution in [-0.4, -0.2) is 42.5 Å². The first-order chi connectivity index (χ1) is 15.1. The fourth-order valence-electron chi connectivity index (χ4n) is 2.88. The molecule has 0 radical (unpaired) electrons. The number of hydrogen-bond acceptors (Lipinski definition) is 5. The summed E-state index contributed by atoms with van der Waals surface area (Å²) < 4.78 is 44.4. The van der Waals surface area contributed by atoms with Crippen LogP contribution in [0.5, 0.6) is 5.75 Å². The molecule has 0 aliphatic carbocycles. The number of halogens is 3. The van der Waals surface area contributed by atoms with Crippen LogP contribution in [0.2, 0.25) is 0 Å². The van der Waals surface area contributed by atoms with Gasteiger partial charge in [-0.1, -0.05) is 13.8 Å². The van der Waals surface area contributed by atoms with Crippen LogP contribution in [0.1, 0.15) is 36.7 Å². The maximum atomic E-state index is 13.0. The van der Waals surface area contributed by atoms with Gasteiger partial charge in [0.25, 0.3) is 5.91 Å². The van der Waals surface area contributed by atoms with Gasteiger partial charge in [0.05, 0.1) is 12.2 Å².